The van der Waals surface area contributed by atoms with E-state index in [1.165, 1.54) is 19.1 Å². The van der Waals surface area contributed by atoms with Crippen LogP contribution in [0.4, 0.5) is 5.69 Å². The Bertz CT molecular complexity index is 1190. The maximum Gasteiger partial charge on any atom is 0.355 e. The fraction of sp³-hybridized carbons (Fsp3) is 0.240. The van der Waals surface area contributed by atoms with Gasteiger partial charge in [0.15, 0.2) is 0 Å². The summed E-state index contributed by atoms with van der Waals surface area (Å²) in [6, 6.07) is 16.9. The molecule has 1 heterocycles. The van der Waals surface area contributed by atoms with E-state index >= 15 is 0 Å². The molecule has 0 fully saturated rings. The van der Waals surface area contributed by atoms with Crippen LogP contribution in [-0.4, -0.2) is 26.2 Å². The first kappa shape index (κ1) is 21.2. The van der Waals surface area contributed by atoms with E-state index in [9.17, 15) is 14.9 Å². The molecule has 2 aromatic rings. The fourth-order valence-electron chi connectivity index (χ4n) is 4.57. The molecule has 4 rings (SSSR count). The van der Waals surface area contributed by atoms with Crippen molar-refractivity contribution in [3.05, 3.63) is 87.9 Å². The molecule has 1 atom stereocenters. The topological polar surface area (TPSA) is 106 Å². The maximum atomic E-state index is 13.1. The zero-order valence-corrected chi connectivity index (χ0v) is 17.9. The normalized spacial score (nSPS) is 17.7. The zero-order valence-electron chi connectivity index (χ0n) is 17.9. The Balaban J connectivity index is 2.07. The molecule has 1 aliphatic heterocycles. The maximum absolute atomic E-state index is 13.1. The predicted octanol–water partition coefficient (Wildman–Crippen LogP) is 3.07. The molecule has 0 radical (unpaired) electrons. The van der Waals surface area contributed by atoms with E-state index in [0.717, 1.165) is 30.4 Å². The van der Waals surface area contributed by atoms with Gasteiger partial charge in [0.1, 0.15) is 11.5 Å². The van der Waals surface area contributed by atoms with E-state index in [4.69, 9.17) is 15.2 Å². The molecule has 0 aromatic heterocycles. The van der Waals surface area contributed by atoms with Crippen molar-refractivity contribution in [2.75, 3.05) is 19.1 Å². The third-order valence-electron chi connectivity index (χ3n) is 5.97. The van der Waals surface area contributed by atoms with Crippen LogP contribution in [0.25, 0.3) is 0 Å². The van der Waals surface area contributed by atoms with Crippen molar-refractivity contribution in [2.24, 2.45) is 5.73 Å². The third kappa shape index (κ3) is 3.30. The lowest BCUT2D eigenvalue weighted by atomic mass is 9.80. The van der Waals surface area contributed by atoms with Crippen LogP contribution in [0.5, 0.6) is 0 Å². The number of carbonyl (C=O) groups excluding carboxylic acids is 2. The van der Waals surface area contributed by atoms with E-state index in [0.29, 0.717) is 11.3 Å². The first-order valence-corrected chi connectivity index (χ1v) is 10.3. The van der Waals surface area contributed by atoms with Gasteiger partial charge in [0, 0.05) is 0 Å². The smallest absolute Gasteiger partial charge is 0.355 e. The molecular formula is C25H23N3O4. The van der Waals surface area contributed by atoms with Gasteiger partial charge in [-0.3, -0.25) is 4.90 Å². The van der Waals surface area contributed by atoms with E-state index in [2.05, 4.69) is 6.07 Å². The van der Waals surface area contributed by atoms with Crippen molar-refractivity contribution >= 4 is 17.6 Å². The number of hydrogen-bond donors (Lipinski definition) is 1. The molecule has 0 amide bonds. The molecule has 2 aromatic carbocycles. The molecule has 7 nitrogen and oxygen atoms in total. The van der Waals surface area contributed by atoms with Gasteiger partial charge in [0.2, 0.25) is 0 Å². The summed E-state index contributed by atoms with van der Waals surface area (Å²) < 4.78 is 10.1. The Hall–Kier alpha value is -4.05. The van der Waals surface area contributed by atoms with Gasteiger partial charge in [0.25, 0.3) is 0 Å². The van der Waals surface area contributed by atoms with Gasteiger partial charge in [-0.2, -0.15) is 5.26 Å². The van der Waals surface area contributed by atoms with E-state index in [-0.39, 0.29) is 22.7 Å². The van der Waals surface area contributed by atoms with Crippen LogP contribution >= 0.6 is 0 Å². The Morgan fingerprint density at radius 2 is 1.75 bits per heavy atom. The molecule has 0 bridgehead atoms. The highest BCUT2D eigenvalue weighted by atomic mass is 16.5. The quantitative estimate of drug-likeness (QED) is 0.745. The van der Waals surface area contributed by atoms with Crippen LogP contribution in [0, 0.1) is 11.3 Å². The van der Waals surface area contributed by atoms with Gasteiger partial charge in [-0.05, 0) is 42.0 Å². The second kappa shape index (κ2) is 8.60. The lowest BCUT2D eigenvalue weighted by molar-refractivity contribution is -0.139. The minimum Gasteiger partial charge on any atom is -0.466 e. The molecule has 162 valence electrons. The summed E-state index contributed by atoms with van der Waals surface area (Å²) in [5, 5.41) is 10.1. The van der Waals surface area contributed by atoms with E-state index in [1.54, 1.807) is 24.3 Å². The van der Waals surface area contributed by atoms with Crippen molar-refractivity contribution in [3.8, 4) is 6.07 Å². The number of carbonyl (C=O) groups is 2. The van der Waals surface area contributed by atoms with Crippen LogP contribution in [0.15, 0.2) is 71.2 Å². The number of nitrogens with two attached hydrogens (primary N) is 1. The first-order chi connectivity index (χ1) is 15.5. The SMILES string of the molecule is COC(=O)C1=C(C(=O)OC)N(c2cccc3c2CCC3)C(N)=C(C#N)C1c1ccccc1. The number of nitriles is 1. The fourth-order valence-corrected chi connectivity index (χ4v) is 4.57. The van der Waals surface area contributed by atoms with Gasteiger partial charge in [-0.1, -0.05) is 42.5 Å². The van der Waals surface area contributed by atoms with Gasteiger partial charge in [0.05, 0.1) is 43.0 Å². The van der Waals surface area contributed by atoms with Crippen LogP contribution in [0.2, 0.25) is 0 Å². The monoisotopic (exact) mass is 429 g/mol. The van der Waals surface area contributed by atoms with Crippen molar-refractivity contribution in [3.63, 3.8) is 0 Å². The number of methoxy groups -OCH3 is 2. The third-order valence-corrected chi connectivity index (χ3v) is 5.97. The predicted molar refractivity (Wildman–Crippen MR) is 118 cm³/mol. The Labute approximate surface area is 186 Å². The summed E-state index contributed by atoms with van der Waals surface area (Å²) in [6.45, 7) is 0. The molecule has 1 unspecified atom stereocenters. The summed E-state index contributed by atoms with van der Waals surface area (Å²) in [7, 11) is 2.49. The Morgan fingerprint density at radius 3 is 2.41 bits per heavy atom. The Morgan fingerprint density at radius 1 is 1.03 bits per heavy atom. The zero-order chi connectivity index (χ0) is 22.8. The number of nitrogens with zero attached hydrogens (tertiary/aromatic N) is 2. The number of allylic oxidation sites excluding steroid dienone is 1. The summed E-state index contributed by atoms with van der Waals surface area (Å²) in [4.78, 5) is 27.7. The minimum absolute atomic E-state index is 0.0203. The summed E-state index contributed by atoms with van der Waals surface area (Å²) >= 11 is 0. The second-order valence-electron chi connectivity index (χ2n) is 7.60. The van der Waals surface area contributed by atoms with Crippen LogP contribution in [0.3, 0.4) is 0 Å². The van der Waals surface area contributed by atoms with Crippen LogP contribution in [0.1, 0.15) is 29.0 Å². The average molecular weight is 429 g/mol. The number of anilines is 1. The van der Waals surface area contributed by atoms with Gasteiger partial charge >= 0.3 is 11.9 Å². The molecule has 2 N–H and O–H groups in total. The van der Waals surface area contributed by atoms with Crippen molar-refractivity contribution in [2.45, 2.75) is 25.2 Å². The molecule has 7 heteroatoms. The largest absolute Gasteiger partial charge is 0.466 e. The van der Waals surface area contributed by atoms with Crippen molar-refractivity contribution in [1.82, 2.24) is 0 Å². The standard InChI is InChI=1S/C25H23N3O4/c1-31-24(29)21-20(16-8-4-3-5-9-16)18(14-26)23(27)28(22(21)25(30)32-2)19-13-7-11-15-10-6-12-17(15)19/h3-5,7-9,11,13,20H,6,10,12,27H2,1-2H3. The van der Waals surface area contributed by atoms with Crippen LogP contribution in [-0.2, 0) is 31.9 Å². The van der Waals surface area contributed by atoms with Gasteiger partial charge < -0.3 is 15.2 Å². The molecule has 0 saturated carbocycles. The molecule has 0 saturated heterocycles. The number of hydrogen-bond acceptors (Lipinski definition) is 7. The lowest BCUT2D eigenvalue weighted by Crippen LogP contribution is -2.41. The highest BCUT2D eigenvalue weighted by Crippen LogP contribution is 2.45. The number of esters is 2. The summed E-state index contributed by atoms with van der Waals surface area (Å²) in [6.07, 6.45) is 2.70. The van der Waals surface area contributed by atoms with Crippen LogP contribution < -0.4 is 10.6 Å². The number of fused-ring (bicyclic) bond motifs is 1. The number of rotatable bonds is 4. The van der Waals surface area contributed by atoms with Crippen molar-refractivity contribution in [1.29, 1.82) is 5.26 Å². The molecule has 1 aliphatic carbocycles. The van der Waals surface area contributed by atoms with Gasteiger partial charge in [-0.25, -0.2) is 9.59 Å². The number of aryl methyl sites for hydroxylation is 1. The van der Waals surface area contributed by atoms with Gasteiger partial charge in [-0.15, -0.1) is 0 Å². The number of ether oxygens (including phenoxy) is 2. The highest BCUT2D eigenvalue weighted by Gasteiger charge is 2.43. The summed E-state index contributed by atoms with van der Waals surface area (Å²) in [5.41, 5.74) is 10.2. The average Bonchev–Trinajstić information content (AvgIpc) is 3.32. The molecule has 2 aliphatic rings. The summed E-state index contributed by atoms with van der Waals surface area (Å²) in [5.74, 6) is -2.23. The van der Waals surface area contributed by atoms with E-state index in [1.807, 2.05) is 24.3 Å². The molecule has 32 heavy (non-hydrogen) atoms. The Kier molecular flexibility index (Phi) is 5.69. The first-order valence-electron chi connectivity index (χ1n) is 10.3. The number of benzene rings is 2. The van der Waals surface area contributed by atoms with E-state index < -0.39 is 17.9 Å². The van der Waals surface area contributed by atoms with Crippen molar-refractivity contribution < 1.29 is 19.1 Å². The lowest BCUT2D eigenvalue weighted by Gasteiger charge is -2.36. The molecule has 0 spiro atoms. The molecular weight excluding hydrogens is 406 g/mol. The minimum atomic E-state index is -0.865. The highest BCUT2D eigenvalue weighted by molar-refractivity contribution is 6.06. The second-order valence-corrected chi connectivity index (χ2v) is 7.60.